The number of aromatic nitrogens is 3. The Labute approximate surface area is 155 Å². The molecule has 1 aliphatic rings. The maximum absolute atomic E-state index is 12.2. The molecular formula is C19H20N4O4. The predicted molar refractivity (Wildman–Crippen MR) is 94.5 cm³/mol. The summed E-state index contributed by atoms with van der Waals surface area (Å²) < 4.78 is 16.4. The Kier molecular flexibility index (Phi) is 4.97. The number of carbonyl (C=O) groups is 1. The number of hydrogen-bond donors (Lipinski definition) is 1. The van der Waals surface area contributed by atoms with Gasteiger partial charge < -0.3 is 19.0 Å². The molecule has 1 aliphatic heterocycles. The molecule has 3 aromatic rings. The van der Waals surface area contributed by atoms with E-state index in [1.54, 1.807) is 6.92 Å². The molecular weight excluding hydrogens is 348 g/mol. The topological polar surface area (TPSA) is 103 Å². The molecule has 8 heteroatoms. The molecule has 1 amide bonds. The third kappa shape index (κ3) is 4.06. The zero-order valence-corrected chi connectivity index (χ0v) is 15.0. The first-order valence-electron chi connectivity index (χ1n) is 8.91. The van der Waals surface area contributed by atoms with Crippen molar-refractivity contribution in [2.24, 2.45) is 0 Å². The lowest BCUT2D eigenvalue weighted by molar-refractivity contribution is -0.120. The lowest BCUT2D eigenvalue weighted by atomic mass is 10.2. The third-order valence-corrected chi connectivity index (χ3v) is 4.37. The number of amides is 1. The van der Waals surface area contributed by atoms with Crippen LogP contribution in [0.3, 0.4) is 0 Å². The highest BCUT2D eigenvalue weighted by Gasteiger charge is 2.24. The summed E-state index contributed by atoms with van der Waals surface area (Å²) in [5.41, 5.74) is 1.49. The van der Waals surface area contributed by atoms with Gasteiger partial charge in [0.1, 0.15) is 11.9 Å². The Morgan fingerprint density at radius 2 is 2.11 bits per heavy atom. The zero-order chi connectivity index (χ0) is 18.6. The largest absolute Gasteiger partial charge is 0.441 e. The summed E-state index contributed by atoms with van der Waals surface area (Å²) in [6.45, 7) is 2.70. The lowest BCUT2D eigenvalue weighted by Gasteiger charge is -2.01. The molecule has 8 nitrogen and oxygen atoms in total. The monoisotopic (exact) mass is 368 g/mol. The summed E-state index contributed by atoms with van der Waals surface area (Å²) in [6.07, 6.45) is 1.86. The molecule has 1 N–H and O–H groups in total. The second kappa shape index (κ2) is 7.71. The second-order valence-electron chi connectivity index (χ2n) is 6.39. The van der Waals surface area contributed by atoms with E-state index in [1.165, 1.54) is 0 Å². The van der Waals surface area contributed by atoms with Crippen LogP contribution in [0.5, 0.6) is 0 Å². The summed E-state index contributed by atoms with van der Waals surface area (Å²) in [6, 6.07) is 9.58. The highest BCUT2D eigenvalue weighted by Crippen LogP contribution is 2.26. The maximum Gasteiger partial charge on any atom is 0.255 e. The molecule has 2 aromatic heterocycles. The van der Waals surface area contributed by atoms with Gasteiger partial charge in [0.2, 0.25) is 11.8 Å². The average Bonchev–Trinajstić information content (AvgIpc) is 3.42. The smallest absolute Gasteiger partial charge is 0.255 e. The van der Waals surface area contributed by atoms with Gasteiger partial charge in [-0.1, -0.05) is 23.4 Å². The fraction of sp³-hybridized carbons (Fsp3) is 0.368. The van der Waals surface area contributed by atoms with Gasteiger partial charge in [0.05, 0.1) is 18.7 Å². The average molecular weight is 368 g/mol. The van der Waals surface area contributed by atoms with Gasteiger partial charge in [-0.3, -0.25) is 4.79 Å². The van der Waals surface area contributed by atoms with Crippen LogP contribution in [0.1, 0.15) is 42.1 Å². The molecule has 1 aromatic carbocycles. The number of oxazole rings is 1. The number of nitrogens with zero attached hydrogens (tertiary/aromatic N) is 3. The molecule has 0 unspecified atom stereocenters. The van der Waals surface area contributed by atoms with Crippen LogP contribution in [0.15, 0.2) is 39.3 Å². The van der Waals surface area contributed by atoms with E-state index in [1.807, 2.05) is 30.3 Å². The number of ether oxygens (including phenoxy) is 1. The first-order valence-corrected chi connectivity index (χ1v) is 8.91. The van der Waals surface area contributed by atoms with Gasteiger partial charge >= 0.3 is 0 Å². The summed E-state index contributed by atoms with van der Waals surface area (Å²) in [5.74, 6) is 1.85. The Balaban J connectivity index is 1.34. The Hall–Kier alpha value is -3.00. The molecule has 140 valence electrons. The SMILES string of the molecule is Cc1oc(-c2ccccc2)nc1CC(=O)NCc1noc([C@H]2CCCO2)n1. The molecule has 27 heavy (non-hydrogen) atoms. The van der Waals surface area contributed by atoms with E-state index in [-0.39, 0.29) is 25.0 Å². The molecule has 1 saturated heterocycles. The van der Waals surface area contributed by atoms with E-state index in [0.717, 1.165) is 18.4 Å². The number of nitrogens with one attached hydrogen (secondary N) is 1. The van der Waals surface area contributed by atoms with Crippen molar-refractivity contribution in [1.29, 1.82) is 0 Å². The van der Waals surface area contributed by atoms with Crippen LogP contribution in [0.2, 0.25) is 0 Å². The van der Waals surface area contributed by atoms with E-state index in [0.29, 0.717) is 35.7 Å². The molecule has 0 bridgehead atoms. The van der Waals surface area contributed by atoms with E-state index in [9.17, 15) is 4.79 Å². The minimum atomic E-state index is -0.186. The fourth-order valence-electron chi connectivity index (χ4n) is 2.93. The van der Waals surface area contributed by atoms with Crippen molar-refractivity contribution in [2.75, 3.05) is 6.61 Å². The molecule has 0 aliphatic carbocycles. The number of aryl methyl sites for hydroxylation is 1. The normalized spacial score (nSPS) is 16.6. The highest BCUT2D eigenvalue weighted by molar-refractivity contribution is 5.78. The highest BCUT2D eigenvalue weighted by atomic mass is 16.5. The third-order valence-electron chi connectivity index (χ3n) is 4.37. The molecule has 1 fully saturated rings. The van der Waals surface area contributed by atoms with Gasteiger partial charge in [-0.15, -0.1) is 0 Å². The molecule has 0 radical (unpaired) electrons. The first-order chi connectivity index (χ1) is 13.2. The Morgan fingerprint density at radius 3 is 2.89 bits per heavy atom. The minimum Gasteiger partial charge on any atom is -0.441 e. The van der Waals surface area contributed by atoms with Gasteiger partial charge in [-0.2, -0.15) is 4.98 Å². The molecule has 3 heterocycles. The summed E-state index contributed by atoms with van der Waals surface area (Å²) in [4.78, 5) is 21.0. The standard InChI is InChI=1S/C19H20N4O4/c1-12-14(21-18(26-12)13-6-3-2-4-7-13)10-17(24)20-11-16-22-19(27-23-16)15-8-5-9-25-15/h2-4,6-7,15H,5,8-11H2,1H3,(H,20,24)/t15-/m1/s1. The number of hydrogen-bond acceptors (Lipinski definition) is 7. The number of carbonyl (C=O) groups excluding carboxylic acids is 1. The lowest BCUT2D eigenvalue weighted by Crippen LogP contribution is -2.25. The quantitative estimate of drug-likeness (QED) is 0.713. The van der Waals surface area contributed by atoms with Crippen LogP contribution in [0.4, 0.5) is 0 Å². The molecule has 0 saturated carbocycles. The van der Waals surface area contributed by atoms with Crippen LogP contribution < -0.4 is 5.32 Å². The van der Waals surface area contributed by atoms with Crippen molar-refractivity contribution in [3.05, 3.63) is 53.5 Å². The van der Waals surface area contributed by atoms with Crippen molar-refractivity contribution >= 4 is 5.91 Å². The van der Waals surface area contributed by atoms with E-state index in [4.69, 9.17) is 13.7 Å². The van der Waals surface area contributed by atoms with Gasteiger partial charge in [-0.25, -0.2) is 4.98 Å². The van der Waals surface area contributed by atoms with Gasteiger partial charge in [0.25, 0.3) is 5.89 Å². The molecule has 1 atom stereocenters. The van der Waals surface area contributed by atoms with Crippen molar-refractivity contribution in [3.63, 3.8) is 0 Å². The van der Waals surface area contributed by atoms with Crippen LogP contribution in [0.25, 0.3) is 11.5 Å². The predicted octanol–water partition coefficient (Wildman–Crippen LogP) is 2.74. The number of benzene rings is 1. The first kappa shape index (κ1) is 17.4. The maximum atomic E-state index is 12.2. The van der Waals surface area contributed by atoms with Gasteiger partial charge in [-0.05, 0) is 31.9 Å². The summed E-state index contributed by atoms with van der Waals surface area (Å²) in [7, 11) is 0. The number of rotatable bonds is 6. The van der Waals surface area contributed by atoms with Crippen LogP contribution in [0, 0.1) is 6.92 Å². The van der Waals surface area contributed by atoms with Crippen molar-refractivity contribution in [1.82, 2.24) is 20.4 Å². The second-order valence-corrected chi connectivity index (χ2v) is 6.39. The van der Waals surface area contributed by atoms with E-state index < -0.39 is 0 Å². The summed E-state index contributed by atoms with van der Waals surface area (Å²) >= 11 is 0. The van der Waals surface area contributed by atoms with Crippen LogP contribution in [-0.2, 0) is 22.5 Å². The van der Waals surface area contributed by atoms with E-state index >= 15 is 0 Å². The van der Waals surface area contributed by atoms with Crippen molar-refractivity contribution in [2.45, 2.75) is 38.8 Å². The summed E-state index contributed by atoms with van der Waals surface area (Å²) in [5, 5.41) is 6.67. The van der Waals surface area contributed by atoms with Crippen molar-refractivity contribution < 1.29 is 18.5 Å². The van der Waals surface area contributed by atoms with E-state index in [2.05, 4.69) is 20.4 Å². The van der Waals surface area contributed by atoms with Gasteiger partial charge in [0, 0.05) is 12.2 Å². The van der Waals surface area contributed by atoms with Crippen molar-refractivity contribution in [3.8, 4) is 11.5 Å². The Morgan fingerprint density at radius 1 is 1.26 bits per heavy atom. The van der Waals surface area contributed by atoms with Crippen LogP contribution >= 0.6 is 0 Å². The zero-order valence-electron chi connectivity index (χ0n) is 15.0. The van der Waals surface area contributed by atoms with Gasteiger partial charge in [0.15, 0.2) is 5.82 Å². The molecule has 0 spiro atoms. The van der Waals surface area contributed by atoms with Crippen LogP contribution in [-0.4, -0.2) is 27.6 Å². The minimum absolute atomic E-state index is 0.124. The fourth-order valence-corrected chi connectivity index (χ4v) is 2.93. The molecule has 4 rings (SSSR count). The Bertz CT molecular complexity index is 913.